The first-order valence-corrected chi connectivity index (χ1v) is 9.32. The maximum Gasteiger partial charge on any atom is 0.295 e. The zero-order valence-electron chi connectivity index (χ0n) is 15.5. The molecule has 8 heteroatoms. The summed E-state index contributed by atoms with van der Waals surface area (Å²) >= 11 is 5.98. The summed E-state index contributed by atoms with van der Waals surface area (Å²) in [6.07, 6.45) is 0. The van der Waals surface area contributed by atoms with E-state index in [1.807, 2.05) is 6.07 Å². The van der Waals surface area contributed by atoms with E-state index in [1.165, 1.54) is 12.1 Å². The number of azo groups is 1. The molecule has 0 atom stereocenters. The van der Waals surface area contributed by atoms with Crippen molar-refractivity contribution >= 4 is 45.7 Å². The van der Waals surface area contributed by atoms with Crippen LogP contribution in [0.3, 0.4) is 0 Å². The van der Waals surface area contributed by atoms with Gasteiger partial charge in [0, 0.05) is 27.2 Å². The lowest BCUT2D eigenvalue weighted by Gasteiger charge is -2.05. The number of rotatable bonds is 4. The number of H-pyrrole nitrogens is 1. The van der Waals surface area contributed by atoms with Gasteiger partial charge in [-0.1, -0.05) is 29.8 Å². The summed E-state index contributed by atoms with van der Waals surface area (Å²) < 4.78 is 0. The van der Waals surface area contributed by atoms with Crippen molar-refractivity contribution in [1.82, 2.24) is 4.98 Å². The molecule has 0 fully saturated rings. The number of nitrogens with one attached hydrogen (secondary N) is 2. The fraction of sp³-hybridized carbons (Fsp3) is 0. The van der Waals surface area contributed by atoms with E-state index in [1.54, 1.807) is 54.6 Å². The fourth-order valence-electron chi connectivity index (χ4n) is 2.88. The molecular formula is C22H15ClN4O3. The topological polar surface area (TPSA) is 107 Å². The number of fused-ring (bicyclic) bond motifs is 1. The summed E-state index contributed by atoms with van der Waals surface area (Å²) in [5.41, 5.74) is 2.12. The minimum absolute atomic E-state index is 0.132. The molecule has 7 nitrogen and oxygen atoms in total. The van der Waals surface area contributed by atoms with Crippen molar-refractivity contribution < 1.29 is 14.7 Å². The molecule has 4 aromatic rings. The number of aromatic nitrogens is 1. The quantitative estimate of drug-likeness (QED) is 0.370. The Kier molecular flexibility index (Phi) is 5.28. The van der Waals surface area contributed by atoms with Crippen LogP contribution >= 0.6 is 11.6 Å². The Morgan fingerprint density at radius 1 is 0.933 bits per heavy atom. The summed E-state index contributed by atoms with van der Waals surface area (Å²) in [4.78, 5) is 27.3. The maximum absolute atomic E-state index is 12.3. The molecule has 148 valence electrons. The van der Waals surface area contributed by atoms with Crippen molar-refractivity contribution in [3.8, 4) is 5.88 Å². The van der Waals surface area contributed by atoms with Crippen molar-refractivity contribution in [3.63, 3.8) is 0 Å². The number of nitrogens with zero attached hydrogens (tertiary/aromatic N) is 2. The van der Waals surface area contributed by atoms with Gasteiger partial charge in [-0.2, -0.15) is 0 Å². The largest absolute Gasteiger partial charge is 0.493 e. The lowest BCUT2D eigenvalue weighted by Crippen LogP contribution is -2.11. The summed E-state index contributed by atoms with van der Waals surface area (Å²) in [7, 11) is 0. The number of hydrogen-bond donors (Lipinski definition) is 3. The molecular weight excluding hydrogens is 404 g/mol. The van der Waals surface area contributed by atoms with E-state index >= 15 is 0 Å². The van der Waals surface area contributed by atoms with Crippen molar-refractivity contribution in [2.45, 2.75) is 0 Å². The Balaban J connectivity index is 1.49. The number of carbonyl (C=O) groups excluding carboxylic acids is 2. The number of benzene rings is 3. The molecule has 0 aliphatic carbocycles. The highest BCUT2D eigenvalue weighted by molar-refractivity contribution is 6.31. The molecule has 1 aromatic heterocycles. The predicted molar refractivity (Wildman–Crippen MR) is 115 cm³/mol. The molecule has 4 rings (SSSR count). The van der Waals surface area contributed by atoms with Crippen LogP contribution in [0.5, 0.6) is 5.88 Å². The van der Waals surface area contributed by atoms with Gasteiger partial charge in [0.05, 0.1) is 5.52 Å². The number of aromatic hydroxyl groups is 1. The van der Waals surface area contributed by atoms with Gasteiger partial charge >= 0.3 is 0 Å². The van der Waals surface area contributed by atoms with Crippen LogP contribution in [0.25, 0.3) is 10.9 Å². The molecule has 3 aromatic carbocycles. The molecule has 0 unspecified atom stereocenters. The summed E-state index contributed by atoms with van der Waals surface area (Å²) in [6.45, 7) is 0. The second-order valence-electron chi connectivity index (χ2n) is 6.41. The van der Waals surface area contributed by atoms with E-state index in [2.05, 4.69) is 20.5 Å². The van der Waals surface area contributed by atoms with Gasteiger partial charge in [0.2, 0.25) is 5.88 Å². The molecule has 0 bridgehead atoms. The van der Waals surface area contributed by atoms with Crippen LogP contribution in [0.4, 0.5) is 11.4 Å². The smallest absolute Gasteiger partial charge is 0.295 e. The first kappa shape index (κ1) is 19.4. The summed E-state index contributed by atoms with van der Waals surface area (Å²) in [5.74, 6) is -1.04. The van der Waals surface area contributed by atoms with Crippen LogP contribution in [-0.4, -0.2) is 21.9 Å². The Morgan fingerprint density at radius 2 is 1.67 bits per heavy atom. The van der Waals surface area contributed by atoms with Gasteiger partial charge in [0.1, 0.15) is 0 Å². The number of aromatic amines is 1. The minimum Gasteiger partial charge on any atom is -0.493 e. The molecule has 3 N–H and O–H groups in total. The van der Waals surface area contributed by atoms with Crippen LogP contribution in [0.2, 0.25) is 5.02 Å². The lowest BCUT2D eigenvalue weighted by molar-refractivity contribution is 0.0993. The van der Waals surface area contributed by atoms with Gasteiger partial charge in [0.15, 0.2) is 5.69 Å². The highest BCUT2D eigenvalue weighted by Gasteiger charge is 2.12. The van der Waals surface area contributed by atoms with Gasteiger partial charge in [-0.15, -0.1) is 10.2 Å². The van der Waals surface area contributed by atoms with Gasteiger partial charge in [-0.25, -0.2) is 0 Å². The minimum atomic E-state index is -0.591. The van der Waals surface area contributed by atoms with Crippen molar-refractivity contribution in [2.24, 2.45) is 10.2 Å². The van der Waals surface area contributed by atoms with Crippen LogP contribution in [0, 0.1) is 0 Å². The molecule has 0 radical (unpaired) electrons. The van der Waals surface area contributed by atoms with Gasteiger partial charge < -0.3 is 15.4 Å². The van der Waals surface area contributed by atoms with Gasteiger partial charge in [-0.3, -0.25) is 9.59 Å². The highest BCUT2D eigenvalue weighted by Crippen LogP contribution is 2.36. The third-order valence-corrected chi connectivity index (χ3v) is 4.62. The van der Waals surface area contributed by atoms with E-state index in [0.717, 1.165) is 0 Å². The second-order valence-corrected chi connectivity index (χ2v) is 6.85. The number of anilines is 1. The third-order valence-electron chi connectivity index (χ3n) is 4.38. The number of amides is 2. The molecule has 0 saturated carbocycles. The fourth-order valence-corrected chi connectivity index (χ4v) is 3.05. The Labute approximate surface area is 176 Å². The van der Waals surface area contributed by atoms with Crippen LogP contribution in [-0.2, 0) is 0 Å². The van der Waals surface area contributed by atoms with Crippen LogP contribution < -0.4 is 5.32 Å². The molecule has 0 saturated heterocycles. The van der Waals surface area contributed by atoms with Crippen LogP contribution in [0.15, 0.2) is 83.0 Å². The Bertz CT molecular complexity index is 1270. The molecule has 2 amide bonds. The Morgan fingerprint density at radius 3 is 2.40 bits per heavy atom. The van der Waals surface area contributed by atoms with E-state index in [-0.39, 0.29) is 23.0 Å². The van der Waals surface area contributed by atoms with Crippen molar-refractivity contribution in [3.05, 3.63) is 88.9 Å². The monoisotopic (exact) mass is 418 g/mol. The average Bonchev–Trinajstić information content (AvgIpc) is 3.07. The predicted octanol–water partition coefficient (Wildman–Crippen LogP) is 5.70. The molecule has 0 aliphatic rings. The van der Waals surface area contributed by atoms with Crippen LogP contribution in [0.1, 0.15) is 20.7 Å². The normalized spacial score (nSPS) is 11.1. The van der Waals surface area contributed by atoms with E-state index in [9.17, 15) is 14.7 Å². The Hall–Kier alpha value is -3.97. The molecule has 0 aliphatic heterocycles. The summed E-state index contributed by atoms with van der Waals surface area (Å²) in [6, 6.07) is 20.1. The summed E-state index contributed by atoms with van der Waals surface area (Å²) in [5, 5.41) is 21.4. The van der Waals surface area contributed by atoms with E-state index < -0.39 is 5.91 Å². The lowest BCUT2D eigenvalue weighted by atomic mass is 10.2. The SMILES string of the molecule is O=C(N=Nc1c(O)[nH]c2ccc(Cl)cc12)c1ccc(NC(=O)c2ccccc2)cc1. The van der Waals surface area contributed by atoms with E-state index in [4.69, 9.17) is 11.6 Å². The standard InChI is InChI=1S/C22H15ClN4O3/c23-15-8-11-18-17(12-15)19(22(30)25-18)26-27-21(29)14-6-9-16(10-7-14)24-20(28)13-4-2-1-3-5-13/h1-12,25,30H,(H,24,28). The highest BCUT2D eigenvalue weighted by atomic mass is 35.5. The first-order chi connectivity index (χ1) is 14.5. The maximum atomic E-state index is 12.3. The van der Waals surface area contributed by atoms with E-state index in [0.29, 0.717) is 27.2 Å². The second kappa shape index (κ2) is 8.18. The number of carbonyl (C=O) groups is 2. The molecule has 1 heterocycles. The number of halogens is 1. The third kappa shape index (κ3) is 4.06. The van der Waals surface area contributed by atoms with Crippen molar-refractivity contribution in [2.75, 3.05) is 5.32 Å². The number of hydrogen-bond acceptors (Lipinski definition) is 4. The first-order valence-electron chi connectivity index (χ1n) is 8.94. The van der Waals surface area contributed by atoms with Gasteiger partial charge in [0.25, 0.3) is 11.8 Å². The zero-order chi connectivity index (χ0) is 21.1. The average molecular weight is 419 g/mol. The zero-order valence-corrected chi connectivity index (χ0v) is 16.2. The molecule has 30 heavy (non-hydrogen) atoms. The van der Waals surface area contributed by atoms with Crippen molar-refractivity contribution in [1.29, 1.82) is 0 Å². The van der Waals surface area contributed by atoms with Gasteiger partial charge in [-0.05, 0) is 54.6 Å². The molecule has 0 spiro atoms.